The molecule has 2 aliphatic rings. The minimum Gasteiger partial charge on any atom is -0.347 e. The van der Waals surface area contributed by atoms with Crippen LogP contribution in [0.4, 0.5) is 0 Å². The molecule has 3 atom stereocenters. The van der Waals surface area contributed by atoms with Crippen LogP contribution in [0.15, 0.2) is 6.20 Å². The number of hydrogen-bond acceptors (Lipinski definition) is 4. The molecule has 3 N–H and O–H groups in total. The summed E-state index contributed by atoms with van der Waals surface area (Å²) in [6, 6.07) is 0.327. The van der Waals surface area contributed by atoms with Gasteiger partial charge in [-0.15, -0.1) is 11.3 Å². The summed E-state index contributed by atoms with van der Waals surface area (Å²) >= 11 is 1.66. The quantitative estimate of drug-likeness (QED) is 0.902. The van der Waals surface area contributed by atoms with E-state index in [0.29, 0.717) is 17.9 Å². The maximum Gasteiger partial charge on any atom is 0.223 e. The molecule has 3 unspecified atom stereocenters. The predicted octanol–water partition coefficient (Wildman–Crippen LogP) is 2.78. The van der Waals surface area contributed by atoms with Gasteiger partial charge in [-0.2, -0.15) is 0 Å². The number of carbonyl (C=O) groups is 1. The molecule has 0 radical (unpaired) electrons. The summed E-state index contributed by atoms with van der Waals surface area (Å²) < 4.78 is 0. The van der Waals surface area contributed by atoms with Gasteiger partial charge in [0.05, 0.1) is 6.04 Å². The standard InChI is InChI=1S/C16H25N3OS/c1-9-8-18-16(21-9)10(2)19-15(20)13-6-11-4-3-5-12(7-13)14(11)17/h8,10-14H,3-7,17H2,1-2H3,(H,19,20). The van der Waals surface area contributed by atoms with Gasteiger partial charge in [-0.05, 0) is 51.4 Å². The van der Waals surface area contributed by atoms with Gasteiger partial charge < -0.3 is 11.1 Å². The Kier molecular flexibility index (Phi) is 4.31. The molecule has 2 saturated carbocycles. The number of carbonyl (C=O) groups excluding carboxylic acids is 1. The maximum atomic E-state index is 12.6. The smallest absolute Gasteiger partial charge is 0.223 e. The Bertz CT molecular complexity index is 501. The van der Waals surface area contributed by atoms with Crippen LogP contribution in [-0.4, -0.2) is 16.9 Å². The van der Waals surface area contributed by atoms with Crippen LogP contribution in [0.5, 0.6) is 0 Å². The lowest BCUT2D eigenvalue weighted by atomic mass is 9.65. The molecule has 116 valence electrons. The van der Waals surface area contributed by atoms with E-state index in [1.165, 1.54) is 24.1 Å². The van der Waals surface area contributed by atoms with Crippen LogP contribution in [0.2, 0.25) is 0 Å². The zero-order chi connectivity index (χ0) is 15.0. The van der Waals surface area contributed by atoms with Gasteiger partial charge in [-0.25, -0.2) is 4.98 Å². The molecule has 4 nitrogen and oxygen atoms in total. The van der Waals surface area contributed by atoms with Crippen molar-refractivity contribution in [3.8, 4) is 0 Å². The van der Waals surface area contributed by atoms with E-state index in [9.17, 15) is 4.79 Å². The molecular formula is C16H25N3OS. The fourth-order valence-corrected chi connectivity index (χ4v) is 4.74. The van der Waals surface area contributed by atoms with E-state index in [2.05, 4.69) is 10.3 Å². The number of aryl methyl sites for hydroxylation is 1. The first-order valence-electron chi connectivity index (χ1n) is 8.03. The molecule has 0 aromatic carbocycles. The first kappa shape index (κ1) is 15.0. The summed E-state index contributed by atoms with van der Waals surface area (Å²) in [7, 11) is 0. The Labute approximate surface area is 130 Å². The summed E-state index contributed by atoms with van der Waals surface area (Å²) in [5.74, 6) is 1.43. The van der Waals surface area contributed by atoms with Crippen LogP contribution in [0.1, 0.15) is 55.0 Å². The minimum absolute atomic E-state index is 0.00615. The molecule has 1 heterocycles. The van der Waals surface area contributed by atoms with Gasteiger partial charge in [0.1, 0.15) is 5.01 Å². The number of hydrogen-bond donors (Lipinski definition) is 2. The number of rotatable bonds is 3. The highest BCUT2D eigenvalue weighted by atomic mass is 32.1. The highest BCUT2D eigenvalue weighted by Crippen LogP contribution is 2.42. The van der Waals surface area contributed by atoms with E-state index in [1.807, 2.05) is 20.0 Å². The van der Waals surface area contributed by atoms with Crippen LogP contribution < -0.4 is 11.1 Å². The van der Waals surface area contributed by atoms with E-state index in [0.717, 1.165) is 17.8 Å². The lowest BCUT2D eigenvalue weighted by Gasteiger charge is -2.43. The van der Waals surface area contributed by atoms with E-state index >= 15 is 0 Å². The molecule has 2 fully saturated rings. The summed E-state index contributed by atoms with van der Waals surface area (Å²) in [5.41, 5.74) is 6.30. The number of fused-ring (bicyclic) bond motifs is 2. The maximum absolute atomic E-state index is 12.6. The lowest BCUT2D eigenvalue weighted by Crippen LogP contribution is -2.49. The van der Waals surface area contributed by atoms with E-state index in [-0.39, 0.29) is 17.9 Å². The highest BCUT2D eigenvalue weighted by Gasteiger charge is 2.40. The number of nitrogens with one attached hydrogen (secondary N) is 1. The molecule has 2 bridgehead atoms. The van der Waals surface area contributed by atoms with Crippen molar-refractivity contribution in [3.63, 3.8) is 0 Å². The van der Waals surface area contributed by atoms with Gasteiger partial charge >= 0.3 is 0 Å². The number of nitrogens with zero attached hydrogens (tertiary/aromatic N) is 1. The van der Waals surface area contributed by atoms with Gasteiger partial charge in [-0.1, -0.05) is 6.42 Å². The first-order valence-corrected chi connectivity index (χ1v) is 8.84. The Morgan fingerprint density at radius 1 is 1.43 bits per heavy atom. The second kappa shape index (κ2) is 6.05. The van der Waals surface area contributed by atoms with Gasteiger partial charge in [0.15, 0.2) is 0 Å². The Morgan fingerprint density at radius 2 is 2.10 bits per heavy atom. The summed E-state index contributed by atoms with van der Waals surface area (Å²) in [5, 5.41) is 4.15. The number of nitrogens with two attached hydrogens (primary N) is 1. The molecular weight excluding hydrogens is 282 g/mol. The fourth-order valence-electron chi connectivity index (χ4n) is 3.97. The van der Waals surface area contributed by atoms with Crippen LogP contribution in [0.25, 0.3) is 0 Å². The summed E-state index contributed by atoms with van der Waals surface area (Å²) in [6.07, 6.45) is 7.48. The van der Waals surface area contributed by atoms with Crippen molar-refractivity contribution < 1.29 is 4.79 Å². The Balaban J connectivity index is 1.61. The molecule has 1 aromatic heterocycles. The summed E-state index contributed by atoms with van der Waals surface area (Å²) in [4.78, 5) is 18.1. The predicted molar refractivity (Wildman–Crippen MR) is 84.9 cm³/mol. The largest absolute Gasteiger partial charge is 0.347 e. The first-order chi connectivity index (χ1) is 10.0. The van der Waals surface area contributed by atoms with Gasteiger partial charge in [0.25, 0.3) is 0 Å². The SMILES string of the molecule is Cc1cnc(C(C)NC(=O)C2CC3CCCC(C2)C3N)s1. The van der Waals surface area contributed by atoms with Gasteiger partial charge in [-0.3, -0.25) is 4.79 Å². The van der Waals surface area contributed by atoms with Crippen LogP contribution >= 0.6 is 11.3 Å². The van der Waals surface area contributed by atoms with Crippen LogP contribution in [0.3, 0.4) is 0 Å². The average molecular weight is 307 g/mol. The number of thiazole rings is 1. The van der Waals surface area contributed by atoms with Crippen molar-refractivity contribution in [2.24, 2.45) is 23.5 Å². The van der Waals surface area contributed by atoms with Crippen LogP contribution in [-0.2, 0) is 4.79 Å². The normalized spacial score (nSPS) is 33.5. The van der Waals surface area contributed by atoms with Crippen molar-refractivity contribution in [2.45, 2.75) is 58.0 Å². The second-order valence-corrected chi connectivity index (χ2v) is 8.00. The topological polar surface area (TPSA) is 68.0 Å². The lowest BCUT2D eigenvalue weighted by molar-refractivity contribution is -0.128. The molecule has 1 aromatic rings. The molecule has 0 saturated heterocycles. The third-order valence-electron chi connectivity index (χ3n) is 5.15. The third-order valence-corrected chi connectivity index (χ3v) is 6.25. The highest BCUT2D eigenvalue weighted by molar-refractivity contribution is 7.11. The van der Waals surface area contributed by atoms with E-state index < -0.39 is 0 Å². The molecule has 5 heteroatoms. The minimum atomic E-state index is 0.00615. The third kappa shape index (κ3) is 3.14. The summed E-state index contributed by atoms with van der Waals surface area (Å²) in [6.45, 7) is 4.06. The van der Waals surface area contributed by atoms with Crippen molar-refractivity contribution in [1.82, 2.24) is 10.3 Å². The molecule has 2 aliphatic carbocycles. The zero-order valence-electron chi connectivity index (χ0n) is 12.8. The molecule has 3 rings (SSSR count). The Morgan fingerprint density at radius 3 is 2.67 bits per heavy atom. The van der Waals surface area contributed by atoms with Gasteiger partial charge in [0, 0.05) is 23.0 Å². The monoisotopic (exact) mass is 307 g/mol. The van der Waals surface area contributed by atoms with Crippen molar-refractivity contribution in [3.05, 3.63) is 16.1 Å². The molecule has 0 spiro atoms. The number of amides is 1. The van der Waals surface area contributed by atoms with Crippen LogP contribution in [0, 0.1) is 24.7 Å². The average Bonchev–Trinajstić information content (AvgIpc) is 2.85. The van der Waals surface area contributed by atoms with Crippen molar-refractivity contribution in [1.29, 1.82) is 0 Å². The van der Waals surface area contributed by atoms with E-state index in [1.54, 1.807) is 11.3 Å². The molecule has 21 heavy (non-hydrogen) atoms. The van der Waals surface area contributed by atoms with Gasteiger partial charge in [0.2, 0.25) is 5.91 Å². The fraction of sp³-hybridized carbons (Fsp3) is 0.750. The van der Waals surface area contributed by atoms with E-state index in [4.69, 9.17) is 5.73 Å². The molecule has 0 aliphatic heterocycles. The Hall–Kier alpha value is -0.940. The molecule has 1 amide bonds. The number of aromatic nitrogens is 1. The van der Waals surface area contributed by atoms with Crippen molar-refractivity contribution >= 4 is 17.2 Å². The second-order valence-electron chi connectivity index (χ2n) is 6.74. The zero-order valence-corrected chi connectivity index (χ0v) is 13.7. The van der Waals surface area contributed by atoms with Crippen molar-refractivity contribution in [2.75, 3.05) is 0 Å².